The van der Waals surface area contributed by atoms with Gasteiger partial charge in [0.25, 0.3) is 0 Å². The zero-order valence-electron chi connectivity index (χ0n) is 15.5. The number of carbonyl (C=O) groups is 1. The number of halogens is 1. The molecule has 0 spiro atoms. The van der Waals surface area contributed by atoms with Crippen LogP contribution in [0.4, 0.5) is 0 Å². The standard InChI is InChI=1S/C21H24ClN3O2/c1-17-13-19(15-27-20-8-3-2-4-9-20)23-25(17)12-11-24(16-26)14-18-7-5-6-10-21(18)22/h2-3,5-8,10,13,16H,4,9,11-12,14-15H2,1H3. The van der Waals surface area contributed by atoms with Gasteiger partial charge in [-0.25, -0.2) is 0 Å². The predicted molar refractivity (Wildman–Crippen MR) is 106 cm³/mol. The molecule has 0 N–H and O–H groups in total. The Kier molecular flexibility index (Phi) is 6.71. The molecule has 5 nitrogen and oxygen atoms in total. The van der Waals surface area contributed by atoms with E-state index in [4.69, 9.17) is 16.3 Å². The number of rotatable bonds is 9. The van der Waals surface area contributed by atoms with Crippen LogP contribution in [0.15, 0.2) is 54.3 Å². The highest BCUT2D eigenvalue weighted by Crippen LogP contribution is 2.17. The van der Waals surface area contributed by atoms with Crippen molar-refractivity contribution >= 4 is 18.0 Å². The summed E-state index contributed by atoms with van der Waals surface area (Å²) >= 11 is 6.19. The molecule has 0 atom stereocenters. The summed E-state index contributed by atoms with van der Waals surface area (Å²) in [7, 11) is 0. The molecular weight excluding hydrogens is 362 g/mol. The molecule has 0 saturated heterocycles. The van der Waals surface area contributed by atoms with Crippen molar-refractivity contribution in [2.45, 2.75) is 39.5 Å². The Morgan fingerprint density at radius 1 is 1.37 bits per heavy atom. The fourth-order valence-corrected chi connectivity index (χ4v) is 3.18. The van der Waals surface area contributed by atoms with E-state index in [2.05, 4.69) is 11.2 Å². The number of aromatic nitrogens is 2. The molecule has 1 aliphatic rings. The first-order valence-electron chi connectivity index (χ1n) is 9.10. The maximum absolute atomic E-state index is 11.4. The van der Waals surface area contributed by atoms with Crippen LogP contribution in [0.1, 0.15) is 29.8 Å². The molecule has 0 unspecified atom stereocenters. The number of aryl methyl sites for hydroxylation is 1. The van der Waals surface area contributed by atoms with Gasteiger partial charge in [0, 0.05) is 30.2 Å². The van der Waals surface area contributed by atoms with Crippen LogP contribution in [0.2, 0.25) is 5.02 Å². The van der Waals surface area contributed by atoms with Crippen LogP contribution in [0.5, 0.6) is 0 Å². The summed E-state index contributed by atoms with van der Waals surface area (Å²) in [6.45, 7) is 4.15. The van der Waals surface area contributed by atoms with E-state index in [9.17, 15) is 4.79 Å². The van der Waals surface area contributed by atoms with E-state index >= 15 is 0 Å². The van der Waals surface area contributed by atoms with Crippen molar-refractivity contribution in [1.82, 2.24) is 14.7 Å². The number of carbonyl (C=O) groups excluding carboxylic acids is 1. The Hall–Kier alpha value is -2.53. The van der Waals surface area contributed by atoms with Gasteiger partial charge in [0.15, 0.2) is 0 Å². The van der Waals surface area contributed by atoms with E-state index < -0.39 is 0 Å². The average Bonchev–Trinajstić information content (AvgIpc) is 3.05. The van der Waals surface area contributed by atoms with Crippen LogP contribution in [-0.2, 0) is 29.2 Å². The minimum absolute atomic E-state index is 0.463. The second kappa shape index (κ2) is 9.42. The predicted octanol–water partition coefficient (Wildman–Crippen LogP) is 4.25. The van der Waals surface area contributed by atoms with Gasteiger partial charge >= 0.3 is 0 Å². The third-order valence-corrected chi connectivity index (χ3v) is 4.86. The maximum atomic E-state index is 11.4. The molecule has 0 aliphatic heterocycles. The quantitative estimate of drug-likeness (QED) is 0.606. The first kappa shape index (κ1) is 19.2. The molecule has 1 aromatic heterocycles. The SMILES string of the molecule is Cc1cc(COC2=CC=CCC2)nn1CCN(C=O)Cc1ccccc1Cl. The minimum Gasteiger partial charge on any atom is -0.492 e. The van der Waals surface area contributed by atoms with E-state index in [-0.39, 0.29) is 0 Å². The molecule has 1 heterocycles. The lowest BCUT2D eigenvalue weighted by molar-refractivity contribution is -0.118. The van der Waals surface area contributed by atoms with Crippen molar-refractivity contribution in [3.05, 3.63) is 76.3 Å². The van der Waals surface area contributed by atoms with Gasteiger partial charge < -0.3 is 9.64 Å². The van der Waals surface area contributed by atoms with Crippen LogP contribution < -0.4 is 0 Å². The molecule has 6 heteroatoms. The molecule has 2 aromatic rings. The van der Waals surface area contributed by atoms with Gasteiger partial charge in [0.05, 0.1) is 12.3 Å². The van der Waals surface area contributed by atoms with Gasteiger partial charge in [0.2, 0.25) is 6.41 Å². The Morgan fingerprint density at radius 2 is 2.22 bits per heavy atom. The summed E-state index contributed by atoms with van der Waals surface area (Å²) < 4.78 is 7.74. The lowest BCUT2D eigenvalue weighted by Crippen LogP contribution is -2.26. The van der Waals surface area contributed by atoms with Gasteiger partial charge in [0.1, 0.15) is 12.3 Å². The smallest absolute Gasteiger partial charge is 0.210 e. The molecule has 0 radical (unpaired) electrons. The molecule has 0 bridgehead atoms. The van der Waals surface area contributed by atoms with Crippen molar-refractivity contribution in [3.63, 3.8) is 0 Å². The van der Waals surface area contributed by atoms with Gasteiger partial charge in [-0.2, -0.15) is 5.10 Å². The zero-order chi connectivity index (χ0) is 19.1. The summed E-state index contributed by atoms with van der Waals surface area (Å²) in [5.41, 5.74) is 2.88. The molecule has 3 rings (SSSR count). The lowest BCUT2D eigenvalue weighted by Gasteiger charge is -2.18. The van der Waals surface area contributed by atoms with Crippen LogP contribution in [-0.4, -0.2) is 27.6 Å². The number of nitrogens with zero attached hydrogens (tertiary/aromatic N) is 3. The van der Waals surface area contributed by atoms with Gasteiger partial charge in [-0.3, -0.25) is 9.48 Å². The largest absolute Gasteiger partial charge is 0.492 e. The highest BCUT2D eigenvalue weighted by molar-refractivity contribution is 6.31. The van der Waals surface area contributed by atoms with Crippen molar-refractivity contribution in [2.75, 3.05) is 6.54 Å². The average molecular weight is 386 g/mol. The van der Waals surface area contributed by atoms with Gasteiger partial charge in [-0.05, 0) is 37.1 Å². The Bertz CT molecular complexity index is 842. The molecule has 1 aromatic carbocycles. The molecule has 1 amide bonds. The Labute approximate surface area is 164 Å². The summed E-state index contributed by atoms with van der Waals surface area (Å²) in [5.74, 6) is 0.997. The van der Waals surface area contributed by atoms with Crippen LogP contribution in [0, 0.1) is 6.92 Å². The van der Waals surface area contributed by atoms with Crippen molar-refractivity contribution in [2.24, 2.45) is 0 Å². The first-order valence-corrected chi connectivity index (χ1v) is 9.48. The zero-order valence-corrected chi connectivity index (χ0v) is 16.2. The van der Waals surface area contributed by atoms with Crippen LogP contribution in [0.3, 0.4) is 0 Å². The molecule has 0 fully saturated rings. The minimum atomic E-state index is 0.463. The number of hydrogen-bond acceptors (Lipinski definition) is 3. The topological polar surface area (TPSA) is 47.4 Å². The Balaban J connectivity index is 1.54. The second-order valence-corrected chi connectivity index (χ2v) is 6.96. The van der Waals surface area contributed by atoms with Crippen LogP contribution >= 0.6 is 11.6 Å². The monoisotopic (exact) mass is 385 g/mol. The number of hydrogen-bond donors (Lipinski definition) is 0. The number of ether oxygens (including phenoxy) is 1. The van der Waals surface area contributed by atoms with E-state index in [1.165, 1.54) is 0 Å². The van der Waals surface area contributed by atoms with E-state index in [1.807, 2.05) is 54.1 Å². The second-order valence-electron chi connectivity index (χ2n) is 6.56. The molecule has 0 saturated carbocycles. The van der Waals surface area contributed by atoms with Crippen molar-refractivity contribution < 1.29 is 9.53 Å². The summed E-state index contributed by atoms with van der Waals surface area (Å²) in [5, 5.41) is 5.27. The van der Waals surface area contributed by atoms with E-state index in [1.54, 1.807) is 4.90 Å². The fraction of sp³-hybridized carbons (Fsp3) is 0.333. The third-order valence-electron chi connectivity index (χ3n) is 4.49. The number of allylic oxidation sites excluding steroid dienone is 4. The van der Waals surface area contributed by atoms with Crippen molar-refractivity contribution in [1.29, 1.82) is 0 Å². The number of benzene rings is 1. The van der Waals surface area contributed by atoms with Crippen LogP contribution in [0.25, 0.3) is 0 Å². The maximum Gasteiger partial charge on any atom is 0.210 e. The molecule has 1 aliphatic carbocycles. The first-order chi connectivity index (χ1) is 13.2. The lowest BCUT2D eigenvalue weighted by atomic mass is 10.2. The van der Waals surface area contributed by atoms with Gasteiger partial charge in [-0.1, -0.05) is 42.0 Å². The fourth-order valence-electron chi connectivity index (χ4n) is 2.98. The highest BCUT2D eigenvalue weighted by Gasteiger charge is 2.10. The third kappa shape index (κ3) is 5.47. The summed E-state index contributed by atoms with van der Waals surface area (Å²) in [4.78, 5) is 13.1. The van der Waals surface area contributed by atoms with E-state index in [0.717, 1.165) is 42.0 Å². The molecule has 142 valence electrons. The summed E-state index contributed by atoms with van der Waals surface area (Å²) in [6, 6.07) is 9.60. The summed E-state index contributed by atoms with van der Waals surface area (Å²) in [6.07, 6.45) is 8.97. The molecular formula is C21H24ClN3O2. The molecule has 27 heavy (non-hydrogen) atoms. The van der Waals surface area contributed by atoms with Gasteiger partial charge in [-0.15, -0.1) is 0 Å². The normalized spacial score (nSPS) is 13.3. The van der Waals surface area contributed by atoms with Crippen molar-refractivity contribution in [3.8, 4) is 0 Å². The Morgan fingerprint density at radius 3 is 2.96 bits per heavy atom. The van der Waals surface area contributed by atoms with E-state index in [0.29, 0.717) is 31.3 Å². The number of amides is 1. The highest BCUT2D eigenvalue weighted by atomic mass is 35.5.